The van der Waals surface area contributed by atoms with E-state index in [0.29, 0.717) is 15.4 Å². The van der Waals surface area contributed by atoms with E-state index in [1.165, 1.54) is 6.07 Å². The maximum absolute atomic E-state index is 14.6. The zero-order valence-corrected chi connectivity index (χ0v) is 11.5. The molecule has 2 aromatic rings. The number of fused-ring (bicyclic) bond motifs is 1. The van der Waals surface area contributed by atoms with Gasteiger partial charge in [-0.3, -0.25) is 9.69 Å². The predicted octanol–water partition coefficient (Wildman–Crippen LogP) is 2.46. The number of aromatic amines is 1. The molecule has 1 unspecified atom stereocenters. The van der Waals surface area contributed by atoms with Crippen LogP contribution in [0.1, 0.15) is 5.56 Å². The molecule has 3 amide bonds. The third-order valence-electron chi connectivity index (χ3n) is 3.54. The lowest BCUT2D eigenvalue weighted by atomic mass is 10.0. The van der Waals surface area contributed by atoms with E-state index in [1.54, 1.807) is 12.1 Å². The number of likely N-dealkylation sites (N-methyl/N-ethyl adjacent to an activating group) is 1. The number of benzene rings is 1. The van der Waals surface area contributed by atoms with Crippen LogP contribution in [0.5, 0.6) is 0 Å². The van der Waals surface area contributed by atoms with Gasteiger partial charge in [-0.25, -0.2) is 4.79 Å². The minimum absolute atomic E-state index is 0.212. The highest BCUT2D eigenvalue weighted by Gasteiger charge is 2.53. The second kappa shape index (κ2) is 4.42. The Morgan fingerprint density at radius 1 is 1.33 bits per heavy atom. The number of urea groups is 1. The fraction of sp³-hybridized carbons (Fsp3) is 0.231. The Bertz CT molecular complexity index is 759. The van der Waals surface area contributed by atoms with E-state index in [-0.39, 0.29) is 10.9 Å². The first-order valence-electron chi connectivity index (χ1n) is 6.06. The number of alkyl halides is 2. The normalized spacial score (nSPS) is 19.4. The Morgan fingerprint density at radius 3 is 2.67 bits per heavy atom. The van der Waals surface area contributed by atoms with Gasteiger partial charge in [0, 0.05) is 24.2 Å². The van der Waals surface area contributed by atoms with Gasteiger partial charge < -0.3 is 10.3 Å². The summed E-state index contributed by atoms with van der Waals surface area (Å²) in [6.07, 6.45) is 1.11. The molecule has 1 aliphatic rings. The maximum atomic E-state index is 14.6. The van der Waals surface area contributed by atoms with Gasteiger partial charge in [0.1, 0.15) is 0 Å². The standard InChI is InChI=1S/C13H10ClF2N3O2/c1-19-11(20)10(18-12(19)21)13(15,16)7-5-17-9-6(7)3-2-4-8(9)14/h2-5,10,17H,1H3,(H,18,21). The van der Waals surface area contributed by atoms with Gasteiger partial charge in [-0.2, -0.15) is 8.78 Å². The third kappa shape index (κ3) is 1.88. The van der Waals surface area contributed by atoms with Crippen molar-refractivity contribution in [1.29, 1.82) is 0 Å². The summed E-state index contributed by atoms with van der Waals surface area (Å²) in [5.74, 6) is -4.53. The fourth-order valence-corrected chi connectivity index (χ4v) is 2.60. The SMILES string of the molecule is CN1C(=O)NC(C(F)(F)c2c[nH]c3c(Cl)cccc23)C1=O. The number of aromatic nitrogens is 1. The van der Waals surface area contributed by atoms with E-state index in [0.717, 1.165) is 13.2 Å². The fourth-order valence-electron chi connectivity index (χ4n) is 2.37. The van der Waals surface area contributed by atoms with Crippen molar-refractivity contribution in [2.75, 3.05) is 7.05 Å². The molecular formula is C13H10ClF2N3O2. The lowest BCUT2D eigenvalue weighted by molar-refractivity contribution is -0.136. The molecule has 3 rings (SSSR count). The Labute approximate surface area is 122 Å². The highest BCUT2D eigenvalue weighted by Crippen LogP contribution is 2.39. The first kappa shape index (κ1) is 13.8. The number of amides is 3. The average Bonchev–Trinajstić information content (AvgIpc) is 2.98. The van der Waals surface area contributed by atoms with Crippen molar-refractivity contribution in [3.63, 3.8) is 0 Å². The van der Waals surface area contributed by atoms with Gasteiger partial charge in [-0.15, -0.1) is 0 Å². The largest absolute Gasteiger partial charge is 0.359 e. The first-order valence-corrected chi connectivity index (χ1v) is 6.43. The highest BCUT2D eigenvalue weighted by molar-refractivity contribution is 6.35. The number of H-pyrrole nitrogens is 1. The minimum atomic E-state index is -3.56. The van der Waals surface area contributed by atoms with Crippen molar-refractivity contribution in [2.45, 2.75) is 12.0 Å². The molecule has 5 nitrogen and oxygen atoms in total. The number of hydrogen-bond donors (Lipinski definition) is 2. The summed E-state index contributed by atoms with van der Waals surface area (Å²) in [6, 6.07) is 1.82. The van der Waals surface area contributed by atoms with E-state index < -0.39 is 23.9 Å². The van der Waals surface area contributed by atoms with E-state index in [4.69, 9.17) is 11.6 Å². The van der Waals surface area contributed by atoms with Gasteiger partial charge in [0.05, 0.1) is 10.5 Å². The van der Waals surface area contributed by atoms with Crippen LogP contribution in [0.25, 0.3) is 10.9 Å². The molecule has 0 radical (unpaired) electrons. The van der Waals surface area contributed by atoms with Crippen LogP contribution >= 0.6 is 11.6 Å². The molecule has 1 aromatic heterocycles. The third-order valence-corrected chi connectivity index (χ3v) is 3.85. The molecule has 0 bridgehead atoms. The molecule has 0 aliphatic carbocycles. The number of carbonyl (C=O) groups is 2. The number of rotatable bonds is 2. The number of halogens is 3. The molecule has 8 heteroatoms. The topological polar surface area (TPSA) is 65.2 Å². The summed E-state index contributed by atoms with van der Waals surface area (Å²) in [5.41, 5.74) is -0.0204. The second-order valence-corrected chi connectivity index (χ2v) is 5.17. The molecule has 2 N–H and O–H groups in total. The smallest absolute Gasteiger partial charge is 0.324 e. The summed E-state index contributed by atoms with van der Waals surface area (Å²) < 4.78 is 29.3. The molecule has 21 heavy (non-hydrogen) atoms. The molecular weight excluding hydrogens is 304 g/mol. The Kier molecular flexibility index (Phi) is 2.91. The van der Waals surface area contributed by atoms with Crippen molar-refractivity contribution >= 4 is 34.4 Å². The molecule has 1 saturated heterocycles. The van der Waals surface area contributed by atoms with Crippen molar-refractivity contribution in [3.8, 4) is 0 Å². The number of hydrogen-bond acceptors (Lipinski definition) is 2. The van der Waals surface area contributed by atoms with Gasteiger partial charge in [0.15, 0.2) is 6.04 Å². The number of carbonyl (C=O) groups excluding carboxylic acids is 2. The monoisotopic (exact) mass is 313 g/mol. The second-order valence-electron chi connectivity index (χ2n) is 4.77. The zero-order valence-electron chi connectivity index (χ0n) is 10.8. The summed E-state index contributed by atoms with van der Waals surface area (Å²) in [6.45, 7) is 0. The number of nitrogens with one attached hydrogen (secondary N) is 2. The number of para-hydroxylation sites is 1. The van der Waals surface area contributed by atoms with Crippen LogP contribution in [0.3, 0.4) is 0 Å². The van der Waals surface area contributed by atoms with Crippen molar-refractivity contribution < 1.29 is 18.4 Å². The van der Waals surface area contributed by atoms with Gasteiger partial charge in [0.2, 0.25) is 0 Å². The van der Waals surface area contributed by atoms with Crippen LogP contribution in [0, 0.1) is 0 Å². The molecule has 110 valence electrons. The van der Waals surface area contributed by atoms with Gasteiger partial charge in [0.25, 0.3) is 5.91 Å². The average molecular weight is 314 g/mol. The molecule has 1 aromatic carbocycles. The van der Waals surface area contributed by atoms with Crippen molar-refractivity contribution in [1.82, 2.24) is 15.2 Å². The molecule has 1 aliphatic heterocycles. The summed E-state index contributed by atoms with van der Waals surface area (Å²) in [5, 5.41) is 2.51. The number of nitrogens with zero attached hydrogens (tertiary/aromatic N) is 1. The molecule has 2 heterocycles. The van der Waals surface area contributed by atoms with Gasteiger partial charge in [-0.05, 0) is 6.07 Å². The first-order chi connectivity index (χ1) is 9.84. The molecule has 0 spiro atoms. The maximum Gasteiger partial charge on any atom is 0.324 e. The quantitative estimate of drug-likeness (QED) is 0.837. The summed E-state index contributed by atoms with van der Waals surface area (Å²) in [7, 11) is 1.15. The van der Waals surface area contributed by atoms with Crippen LogP contribution in [0.4, 0.5) is 13.6 Å². The molecule has 0 saturated carbocycles. The van der Waals surface area contributed by atoms with Gasteiger partial charge >= 0.3 is 12.0 Å². The van der Waals surface area contributed by atoms with Crippen molar-refractivity contribution in [3.05, 3.63) is 35.0 Å². The summed E-state index contributed by atoms with van der Waals surface area (Å²) in [4.78, 5) is 26.5. The molecule has 1 fully saturated rings. The van der Waals surface area contributed by atoms with E-state index in [2.05, 4.69) is 4.98 Å². The van der Waals surface area contributed by atoms with Crippen molar-refractivity contribution in [2.24, 2.45) is 0 Å². The van der Waals surface area contributed by atoms with Crippen LogP contribution < -0.4 is 5.32 Å². The zero-order chi connectivity index (χ0) is 15.4. The van der Waals surface area contributed by atoms with Crippen LogP contribution in [-0.4, -0.2) is 34.9 Å². The minimum Gasteiger partial charge on any atom is -0.359 e. The molecule has 1 atom stereocenters. The Morgan fingerprint density at radius 2 is 2.05 bits per heavy atom. The predicted molar refractivity (Wildman–Crippen MR) is 72.3 cm³/mol. The van der Waals surface area contributed by atoms with E-state index in [1.807, 2.05) is 5.32 Å². The van der Waals surface area contributed by atoms with E-state index >= 15 is 0 Å². The van der Waals surface area contributed by atoms with Crippen LogP contribution in [0.2, 0.25) is 5.02 Å². The highest BCUT2D eigenvalue weighted by atomic mass is 35.5. The van der Waals surface area contributed by atoms with Crippen LogP contribution in [0.15, 0.2) is 24.4 Å². The lowest BCUT2D eigenvalue weighted by Crippen LogP contribution is -2.44. The Hall–Kier alpha value is -2.15. The van der Waals surface area contributed by atoms with E-state index in [9.17, 15) is 18.4 Å². The van der Waals surface area contributed by atoms with Gasteiger partial charge in [-0.1, -0.05) is 23.7 Å². The number of imide groups is 1. The Balaban J connectivity index is 2.11. The van der Waals surface area contributed by atoms with Crippen LogP contribution in [-0.2, 0) is 10.7 Å². The summed E-state index contributed by atoms with van der Waals surface area (Å²) >= 11 is 5.93. The lowest BCUT2D eigenvalue weighted by Gasteiger charge is -2.20.